The Kier molecular flexibility index (Phi) is 5.38. The first kappa shape index (κ1) is 16.0. The summed E-state index contributed by atoms with van der Waals surface area (Å²) in [5, 5.41) is 5.03. The second kappa shape index (κ2) is 7.06. The maximum absolute atomic E-state index is 6.32. The van der Waals surface area contributed by atoms with E-state index in [-0.39, 0.29) is 6.04 Å². The van der Waals surface area contributed by atoms with Gasteiger partial charge in [0.05, 0.1) is 16.8 Å². The Morgan fingerprint density at radius 1 is 1.05 bits per heavy atom. The van der Waals surface area contributed by atoms with Gasteiger partial charge in [-0.1, -0.05) is 42.3 Å². The van der Waals surface area contributed by atoms with Crippen LogP contribution in [0, 0.1) is 0 Å². The molecular formula is C17H20Cl2N2. The van der Waals surface area contributed by atoms with Gasteiger partial charge in [-0.05, 0) is 42.3 Å². The molecule has 0 aromatic heterocycles. The fourth-order valence-electron chi connectivity index (χ4n) is 2.28. The molecule has 1 unspecified atom stereocenters. The minimum Gasteiger partial charge on any atom is -0.378 e. The lowest BCUT2D eigenvalue weighted by Gasteiger charge is -2.21. The molecule has 0 aliphatic carbocycles. The molecule has 0 saturated heterocycles. The summed E-state index contributed by atoms with van der Waals surface area (Å²) in [6, 6.07) is 14.2. The molecule has 0 heterocycles. The Labute approximate surface area is 136 Å². The van der Waals surface area contributed by atoms with E-state index >= 15 is 0 Å². The van der Waals surface area contributed by atoms with Gasteiger partial charge in [0.2, 0.25) is 0 Å². The number of nitrogens with zero attached hydrogens (tertiary/aromatic N) is 1. The van der Waals surface area contributed by atoms with Gasteiger partial charge in [-0.3, -0.25) is 0 Å². The Morgan fingerprint density at radius 2 is 1.71 bits per heavy atom. The molecule has 2 nitrogen and oxygen atoms in total. The molecule has 1 N–H and O–H groups in total. The highest BCUT2D eigenvalue weighted by Crippen LogP contribution is 2.30. The van der Waals surface area contributed by atoms with Crippen molar-refractivity contribution >= 4 is 34.6 Å². The Hall–Kier alpha value is -1.38. The van der Waals surface area contributed by atoms with E-state index in [9.17, 15) is 0 Å². The smallest absolute Gasteiger partial charge is 0.0659 e. The lowest BCUT2D eigenvalue weighted by atomic mass is 10.0. The molecule has 2 rings (SSSR count). The normalized spacial score (nSPS) is 12.0. The highest BCUT2D eigenvalue weighted by molar-refractivity contribution is 6.33. The van der Waals surface area contributed by atoms with Gasteiger partial charge in [-0.25, -0.2) is 0 Å². The third-order valence-corrected chi connectivity index (χ3v) is 4.01. The van der Waals surface area contributed by atoms with Gasteiger partial charge >= 0.3 is 0 Å². The van der Waals surface area contributed by atoms with E-state index in [2.05, 4.69) is 30.4 Å². The summed E-state index contributed by atoms with van der Waals surface area (Å²) >= 11 is 12.3. The van der Waals surface area contributed by atoms with Crippen molar-refractivity contribution in [3.63, 3.8) is 0 Å². The number of rotatable bonds is 5. The first-order chi connectivity index (χ1) is 10.0. The molecule has 112 valence electrons. The maximum Gasteiger partial charge on any atom is 0.0659 e. The quantitative estimate of drug-likeness (QED) is 0.768. The third-order valence-electron chi connectivity index (χ3n) is 3.45. The van der Waals surface area contributed by atoms with Crippen LogP contribution in [0.15, 0.2) is 42.5 Å². The van der Waals surface area contributed by atoms with Crippen molar-refractivity contribution < 1.29 is 0 Å². The molecule has 0 amide bonds. The zero-order valence-electron chi connectivity index (χ0n) is 12.5. The molecule has 0 bridgehead atoms. The first-order valence-electron chi connectivity index (χ1n) is 7.00. The van der Waals surface area contributed by atoms with Gasteiger partial charge in [0.25, 0.3) is 0 Å². The average molecular weight is 323 g/mol. The van der Waals surface area contributed by atoms with E-state index < -0.39 is 0 Å². The van der Waals surface area contributed by atoms with E-state index in [1.54, 1.807) is 0 Å². The van der Waals surface area contributed by atoms with Crippen LogP contribution in [0.2, 0.25) is 10.0 Å². The molecule has 0 fully saturated rings. The second-order valence-electron chi connectivity index (χ2n) is 5.22. The van der Waals surface area contributed by atoms with Crippen molar-refractivity contribution in [2.24, 2.45) is 0 Å². The van der Waals surface area contributed by atoms with Crippen molar-refractivity contribution in [2.75, 3.05) is 24.3 Å². The SMILES string of the molecule is CCC(Nc1ccc(N(C)C)c(Cl)c1)c1ccc(Cl)cc1. The van der Waals surface area contributed by atoms with E-state index in [1.807, 2.05) is 43.3 Å². The molecule has 2 aromatic carbocycles. The summed E-state index contributed by atoms with van der Waals surface area (Å²) in [7, 11) is 3.97. The number of halogens is 2. The van der Waals surface area contributed by atoms with Gasteiger partial charge < -0.3 is 10.2 Å². The summed E-state index contributed by atoms with van der Waals surface area (Å²) in [6.45, 7) is 2.15. The minimum atomic E-state index is 0.239. The number of hydrogen-bond donors (Lipinski definition) is 1. The Morgan fingerprint density at radius 3 is 2.24 bits per heavy atom. The van der Waals surface area contributed by atoms with Gasteiger partial charge in [0.1, 0.15) is 0 Å². The van der Waals surface area contributed by atoms with E-state index in [4.69, 9.17) is 23.2 Å². The van der Waals surface area contributed by atoms with Crippen LogP contribution in [0.1, 0.15) is 24.9 Å². The van der Waals surface area contributed by atoms with Gasteiger partial charge in [-0.15, -0.1) is 0 Å². The average Bonchev–Trinajstić information content (AvgIpc) is 2.45. The summed E-state index contributed by atoms with van der Waals surface area (Å²) in [5.74, 6) is 0. The zero-order chi connectivity index (χ0) is 15.4. The van der Waals surface area contributed by atoms with E-state index in [1.165, 1.54) is 5.56 Å². The van der Waals surface area contributed by atoms with Crippen molar-refractivity contribution in [1.29, 1.82) is 0 Å². The number of anilines is 2. The summed E-state index contributed by atoms with van der Waals surface area (Å²) in [6.07, 6.45) is 0.981. The molecule has 21 heavy (non-hydrogen) atoms. The van der Waals surface area contributed by atoms with Crippen LogP contribution in [0.5, 0.6) is 0 Å². The summed E-state index contributed by atoms with van der Waals surface area (Å²) in [4.78, 5) is 2.00. The molecule has 4 heteroatoms. The third kappa shape index (κ3) is 4.05. The fourth-order valence-corrected chi connectivity index (χ4v) is 2.75. The topological polar surface area (TPSA) is 15.3 Å². The second-order valence-corrected chi connectivity index (χ2v) is 6.06. The van der Waals surface area contributed by atoms with Gasteiger partial charge in [0.15, 0.2) is 0 Å². The number of nitrogens with one attached hydrogen (secondary N) is 1. The monoisotopic (exact) mass is 322 g/mol. The largest absolute Gasteiger partial charge is 0.378 e. The van der Waals surface area contributed by atoms with Crippen LogP contribution in [0.25, 0.3) is 0 Å². The zero-order valence-corrected chi connectivity index (χ0v) is 14.0. The lowest BCUT2D eigenvalue weighted by molar-refractivity contribution is 0.749. The van der Waals surface area contributed by atoms with Crippen LogP contribution < -0.4 is 10.2 Å². The highest BCUT2D eigenvalue weighted by Gasteiger charge is 2.10. The van der Waals surface area contributed by atoms with Crippen molar-refractivity contribution in [3.05, 3.63) is 58.1 Å². The van der Waals surface area contributed by atoms with E-state index in [0.717, 1.165) is 27.8 Å². The Balaban J connectivity index is 2.19. The van der Waals surface area contributed by atoms with Crippen LogP contribution in [0.4, 0.5) is 11.4 Å². The standard InChI is InChI=1S/C17H20Cl2N2/c1-4-16(12-5-7-13(18)8-6-12)20-14-9-10-17(21(2)3)15(19)11-14/h5-11,16,20H,4H2,1-3H3. The minimum absolute atomic E-state index is 0.239. The van der Waals surface area contributed by atoms with Crippen molar-refractivity contribution in [2.45, 2.75) is 19.4 Å². The molecule has 1 atom stereocenters. The predicted molar refractivity (Wildman–Crippen MR) is 93.9 cm³/mol. The molecule has 0 saturated carbocycles. The fraction of sp³-hybridized carbons (Fsp3) is 0.294. The highest BCUT2D eigenvalue weighted by atomic mass is 35.5. The van der Waals surface area contributed by atoms with Gasteiger partial charge in [0, 0.05) is 24.8 Å². The molecule has 2 aromatic rings. The molecule has 0 aliphatic heterocycles. The molecule has 0 aliphatic rings. The van der Waals surface area contributed by atoms with E-state index in [0.29, 0.717) is 0 Å². The number of benzene rings is 2. The molecule has 0 spiro atoms. The van der Waals surface area contributed by atoms with Crippen LogP contribution in [0.3, 0.4) is 0 Å². The van der Waals surface area contributed by atoms with Crippen LogP contribution >= 0.6 is 23.2 Å². The van der Waals surface area contributed by atoms with Crippen LogP contribution in [-0.4, -0.2) is 14.1 Å². The molecule has 0 radical (unpaired) electrons. The predicted octanol–water partition coefficient (Wildman–Crippen LogP) is 5.62. The first-order valence-corrected chi connectivity index (χ1v) is 7.75. The lowest BCUT2D eigenvalue weighted by Crippen LogP contribution is -2.11. The summed E-state index contributed by atoms with van der Waals surface area (Å²) < 4.78 is 0. The van der Waals surface area contributed by atoms with Crippen molar-refractivity contribution in [3.8, 4) is 0 Å². The number of hydrogen-bond acceptors (Lipinski definition) is 2. The Bertz CT molecular complexity index is 594. The maximum atomic E-state index is 6.32. The van der Waals surface area contributed by atoms with Crippen LogP contribution in [-0.2, 0) is 0 Å². The van der Waals surface area contributed by atoms with Crippen molar-refractivity contribution in [1.82, 2.24) is 0 Å². The molecular weight excluding hydrogens is 303 g/mol. The van der Waals surface area contributed by atoms with Gasteiger partial charge in [-0.2, -0.15) is 0 Å². The summed E-state index contributed by atoms with van der Waals surface area (Å²) in [5.41, 5.74) is 3.25.